The predicted molar refractivity (Wildman–Crippen MR) is 95.5 cm³/mol. The molecule has 0 atom stereocenters. The highest BCUT2D eigenvalue weighted by Gasteiger charge is 2.15. The molecule has 1 amide bonds. The first kappa shape index (κ1) is 17.2. The van der Waals surface area contributed by atoms with Gasteiger partial charge in [0.05, 0.1) is 17.5 Å². The number of nitriles is 1. The number of phenolic OH excluding ortho intramolecular Hbond substituents is 1. The van der Waals surface area contributed by atoms with E-state index in [1.165, 1.54) is 12.1 Å². The Morgan fingerprint density at radius 3 is 2.65 bits per heavy atom. The summed E-state index contributed by atoms with van der Waals surface area (Å²) in [7, 11) is 0. The molecule has 1 heterocycles. The minimum absolute atomic E-state index is 0.0699. The number of phenols is 1. The van der Waals surface area contributed by atoms with Gasteiger partial charge in [-0.25, -0.2) is 0 Å². The second kappa shape index (κ2) is 6.69. The standard InChI is InChI=1S/C19H16N4O3/c1-10-3-4-11(2)17-16(10)18(19(26)21-17)23-22-15(25)8-12-5-6-14(24)13(7-12)9-20/h3-7,21,24,26H,8H2,1-2H3. The quantitative estimate of drug-likeness (QED) is 0.621. The molecule has 0 saturated heterocycles. The second-order valence-electron chi connectivity index (χ2n) is 6.01. The number of aromatic hydroxyl groups is 2. The number of fused-ring (bicyclic) bond motifs is 1. The van der Waals surface area contributed by atoms with Crippen molar-refractivity contribution in [1.29, 1.82) is 5.26 Å². The molecule has 130 valence electrons. The van der Waals surface area contributed by atoms with Crippen molar-refractivity contribution >= 4 is 22.5 Å². The van der Waals surface area contributed by atoms with Crippen molar-refractivity contribution in [2.24, 2.45) is 10.2 Å². The molecule has 2 aromatic carbocycles. The highest BCUT2D eigenvalue weighted by Crippen LogP contribution is 2.38. The van der Waals surface area contributed by atoms with Crippen molar-refractivity contribution in [1.82, 2.24) is 4.98 Å². The zero-order valence-corrected chi connectivity index (χ0v) is 14.2. The van der Waals surface area contributed by atoms with E-state index in [-0.39, 0.29) is 29.3 Å². The van der Waals surface area contributed by atoms with Gasteiger partial charge in [-0.05, 0) is 42.7 Å². The van der Waals surface area contributed by atoms with Crippen LogP contribution in [-0.2, 0) is 11.2 Å². The van der Waals surface area contributed by atoms with Crippen LogP contribution >= 0.6 is 0 Å². The number of amides is 1. The topological polar surface area (TPSA) is 122 Å². The molecule has 3 aromatic rings. The van der Waals surface area contributed by atoms with Crippen molar-refractivity contribution < 1.29 is 15.0 Å². The van der Waals surface area contributed by atoms with Gasteiger partial charge in [0, 0.05) is 5.39 Å². The third kappa shape index (κ3) is 3.13. The zero-order valence-electron chi connectivity index (χ0n) is 14.2. The van der Waals surface area contributed by atoms with Gasteiger partial charge in [0.15, 0.2) is 5.69 Å². The summed E-state index contributed by atoms with van der Waals surface area (Å²) in [5.41, 5.74) is 3.45. The fourth-order valence-corrected chi connectivity index (χ4v) is 2.77. The largest absolute Gasteiger partial charge is 0.507 e. The monoisotopic (exact) mass is 348 g/mol. The Morgan fingerprint density at radius 1 is 1.19 bits per heavy atom. The number of nitrogens with zero attached hydrogens (tertiary/aromatic N) is 3. The zero-order chi connectivity index (χ0) is 18.8. The Hall–Kier alpha value is -3.66. The van der Waals surface area contributed by atoms with E-state index in [1.807, 2.05) is 32.0 Å². The van der Waals surface area contributed by atoms with E-state index in [1.54, 1.807) is 6.07 Å². The molecule has 0 saturated carbocycles. The maximum Gasteiger partial charge on any atom is 0.269 e. The predicted octanol–water partition coefficient (Wildman–Crippen LogP) is 3.92. The molecular formula is C19H16N4O3. The van der Waals surface area contributed by atoms with Crippen molar-refractivity contribution in [3.05, 3.63) is 52.6 Å². The summed E-state index contributed by atoms with van der Waals surface area (Å²) < 4.78 is 0. The number of aromatic amines is 1. The lowest BCUT2D eigenvalue weighted by atomic mass is 10.1. The molecule has 26 heavy (non-hydrogen) atoms. The van der Waals surface area contributed by atoms with Crippen LogP contribution in [0.5, 0.6) is 11.6 Å². The van der Waals surface area contributed by atoms with Crippen molar-refractivity contribution in [2.45, 2.75) is 20.3 Å². The van der Waals surface area contributed by atoms with Gasteiger partial charge < -0.3 is 15.2 Å². The summed E-state index contributed by atoms with van der Waals surface area (Å²) in [6.45, 7) is 3.79. The third-order valence-corrected chi connectivity index (χ3v) is 4.12. The van der Waals surface area contributed by atoms with Crippen molar-refractivity contribution in [3.63, 3.8) is 0 Å². The lowest BCUT2D eigenvalue weighted by Crippen LogP contribution is -1.98. The number of rotatable bonds is 3. The summed E-state index contributed by atoms with van der Waals surface area (Å²) in [6, 6.07) is 10.0. The number of benzene rings is 2. The van der Waals surface area contributed by atoms with E-state index in [0.29, 0.717) is 5.56 Å². The maximum atomic E-state index is 12.1. The molecule has 0 aliphatic carbocycles. The van der Waals surface area contributed by atoms with Crippen LogP contribution in [-0.4, -0.2) is 21.1 Å². The van der Waals surface area contributed by atoms with E-state index in [2.05, 4.69) is 15.2 Å². The normalized spacial score (nSPS) is 11.1. The van der Waals surface area contributed by atoms with Crippen LogP contribution in [0.15, 0.2) is 40.6 Å². The van der Waals surface area contributed by atoms with E-state index < -0.39 is 5.91 Å². The molecule has 0 fully saturated rings. The van der Waals surface area contributed by atoms with Gasteiger partial charge in [-0.3, -0.25) is 4.79 Å². The highest BCUT2D eigenvalue weighted by molar-refractivity contribution is 5.98. The van der Waals surface area contributed by atoms with Gasteiger partial charge >= 0.3 is 0 Å². The summed E-state index contributed by atoms with van der Waals surface area (Å²) in [6.07, 6.45) is -0.0699. The van der Waals surface area contributed by atoms with Crippen LogP contribution in [0.3, 0.4) is 0 Å². The van der Waals surface area contributed by atoms with Crippen LogP contribution < -0.4 is 0 Å². The Labute approximate surface area is 149 Å². The fraction of sp³-hybridized carbons (Fsp3) is 0.158. The average molecular weight is 348 g/mol. The maximum absolute atomic E-state index is 12.1. The van der Waals surface area contributed by atoms with E-state index in [9.17, 15) is 15.0 Å². The van der Waals surface area contributed by atoms with E-state index >= 15 is 0 Å². The SMILES string of the molecule is Cc1ccc(C)c2c(N=NC(=O)Cc3ccc(O)c(C#N)c3)c(O)[nH]c12. The molecule has 0 spiro atoms. The first-order chi connectivity index (χ1) is 12.4. The molecule has 0 aliphatic heterocycles. The number of hydrogen-bond donors (Lipinski definition) is 3. The number of carbonyl (C=O) groups is 1. The number of aromatic nitrogens is 1. The number of H-pyrrole nitrogens is 1. The molecule has 7 heteroatoms. The number of aryl methyl sites for hydroxylation is 2. The minimum Gasteiger partial charge on any atom is -0.507 e. The van der Waals surface area contributed by atoms with Crippen LogP contribution in [0.2, 0.25) is 0 Å². The third-order valence-electron chi connectivity index (χ3n) is 4.12. The van der Waals surface area contributed by atoms with Crippen LogP contribution in [0.4, 0.5) is 5.69 Å². The minimum atomic E-state index is -0.529. The number of hydrogen-bond acceptors (Lipinski definition) is 5. The summed E-state index contributed by atoms with van der Waals surface area (Å²) in [5.74, 6) is -0.816. The van der Waals surface area contributed by atoms with Gasteiger partial charge in [-0.2, -0.15) is 5.26 Å². The van der Waals surface area contributed by atoms with Crippen LogP contribution in [0.25, 0.3) is 10.9 Å². The first-order valence-corrected chi connectivity index (χ1v) is 7.88. The average Bonchev–Trinajstić information content (AvgIpc) is 2.95. The van der Waals surface area contributed by atoms with E-state index in [4.69, 9.17) is 5.26 Å². The Balaban J connectivity index is 1.88. The molecule has 0 bridgehead atoms. The van der Waals surface area contributed by atoms with Crippen LogP contribution in [0.1, 0.15) is 22.3 Å². The first-order valence-electron chi connectivity index (χ1n) is 7.88. The lowest BCUT2D eigenvalue weighted by Gasteiger charge is -2.01. The summed E-state index contributed by atoms with van der Waals surface area (Å²) >= 11 is 0. The van der Waals surface area contributed by atoms with Gasteiger partial charge in [0.2, 0.25) is 5.88 Å². The molecule has 3 N–H and O–H groups in total. The number of carbonyl (C=O) groups excluding carboxylic acids is 1. The molecule has 7 nitrogen and oxygen atoms in total. The smallest absolute Gasteiger partial charge is 0.269 e. The molecule has 0 unspecified atom stereocenters. The Kier molecular flexibility index (Phi) is 4.42. The fourth-order valence-electron chi connectivity index (χ4n) is 2.77. The summed E-state index contributed by atoms with van der Waals surface area (Å²) in [4.78, 5) is 15.0. The molecule has 1 aromatic heterocycles. The number of nitrogens with one attached hydrogen (secondary N) is 1. The van der Waals surface area contributed by atoms with E-state index in [0.717, 1.165) is 22.0 Å². The van der Waals surface area contributed by atoms with Gasteiger partial charge in [-0.15, -0.1) is 10.2 Å². The highest BCUT2D eigenvalue weighted by atomic mass is 16.3. The Bertz CT molecular complexity index is 1090. The molecular weight excluding hydrogens is 332 g/mol. The van der Waals surface area contributed by atoms with Crippen molar-refractivity contribution in [2.75, 3.05) is 0 Å². The second-order valence-corrected chi connectivity index (χ2v) is 6.01. The molecule has 0 aliphatic rings. The Morgan fingerprint density at radius 2 is 1.92 bits per heavy atom. The number of azo groups is 1. The van der Waals surface area contributed by atoms with Gasteiger partial charge in [0.1, 0.15) is 11.8 Å². The summed E-state index contributed by atoms with van der Waals surface area (Å²) in [5, 5.41) is 36.8. The molecule has 3 rings (SSSR count). The van der Waals surface area contributed by atoms with Crippen molar-refractivity contribution in [3.8, 4) is 17.7 Å². The van der Waals surface area contributed by atoms with Gasteiger partial charge in [0.25, 0.3) is 5.91 Å². The lowest BCUT2D eigenvalue weighted by molar-refractivity contribution is -0.117. The van der Waals surface area contributed by atoms with Gasteiger partial charge in [-0.1, -0.05) is 18.2 Å². The van der Waals surface area contributed by atoms with Crippen LogP contribution in [0, 0.1) is 25.2 Å². The molecule has 0 radical (unpaired) electrons.